The molecule has 0 saturated carbocycles. The minimum atomic E-state index is -0.562. The molecule has 0 aromatic carbocycles. The van der Waals surface area contributed by atoms with Crippen LogP contribution in [0.1, 0.15) is 12.8 Å². The zero-order valence-electron chi connectivity index (χ0n) is 13.5. The molecule has 7 heteroatoms. The Morgan fingerprint density at radius 3 is 2.77 bits per heavy atom. The first kappa shape index (κ1) is 16.9. The summed E-state index contributed by atoms with van der Waals surface area (Å²) in [5.74, 6) is -0.0307. The fourth-order valence-corrected chi connectivity index (χ4v) is 2.90. The van der Waals surface area contributed by atoms with Crippen LogP contribution in [0.4, 0.5) is 0 Å². The normalized spacial score (nSPS) is 18.3. The van der Waals surface area contributed by atoms with Gasteiger partial charge in [-0.1, -0.05) is 0 Å². The molecule has 1 saturated heterocycles. The van der Waals surface area contributed by atoms with E-state index in [0.29, 0.717) is 0 Å². The van der Waals surface area contributed by atoms with Crippen molar-refractivity contribution in [1.82, 2.24) is 19.6 Å². The molecule has 22 heavy (non-hydrogen) atoms. The number of amides is 1. The quantitative estimate of drug-likeness (QED) is 0.753. The molecule has 1 amide bonds. The van der Waals surface area contributed by atoms with Crippen molar-refractivity contribution < 1.29 is 9.53 Å². The summed E-state index contributed by atoms with van der Waals surface area (Å²) in [4.78, 5) is 16.4. The molecule has 1 unspecified atom stereocenters. The van der Waals surface area contributed by atoms with Crippen LogP contribution in [0.25, 0.3) is 0 Å². The van der Waals surface area contributed by atoms with Gasteiger partial charge in [0.25, 0.3) is 0 Å². The van der Waals surface area contributed by atoms with E-state index in [0.717, 1.165) is 39.0 Å². The van der Waals surface area contributed by atoms with Crippen LogP contribution in [0.15, 0.2) is 18.5 Å². The van der Waals surface area contributed by atoms with E-state index in [4.69, 9.17) is 10.5 Å². The first-order valence-electron chi connectivity index (χ1n) is 7.82. The van der Waals surface area contributed by atoms with Crippen molar-refractivity contribution in [2.45, 2.75) is 31.5 Å². The molecule has 1 aliphatic rings. The maximum atomic E-state index is 12.2. The lowest BCUT2D eigenvalue weighted by Gasteiger charge is -2.37. The van der Waals surface area contributed by atoms with Crippen LogP contribution < -0.4 is 5.73 Å². The van der Waals surface area contributed by atoms with Gasteiger partial charge in [-0.2, -0.15) is 5.10 Å². The van der Waals surface area contributed by atoms with E-state index in [9.17, 15) is 4.79 Å². The van der Waals surface area contributed by atoms with Crippen molar-refractivity contribution in [3.63, 3.8) is 0 Å². The minimum absolute atomic E-state index is 0.0307. The van der Waals surface area contributed by atoms with Gasteiger partial charge in [0.15, 0.2) is 0 Å². The predicted octanol–water partition coefficient (Wildman–Crippen LogP) is -0.220. The maximum absolute atomic E-state index is 12.2. The minimum Gasteiger partial charge on any atom is -0.383 e. The monoisotopic (exact) mass is 309 g/mol. The number of ether oxygens (including phenoxy) is 1. The van der Waals surface area contributed by atoms with Gasteiger partial charge in [0.2, 0.25) is 5.91 Å². The van der Waals surface area contributed by atoms with Crippen molar-refractivity contribution in [3.8, 4) is 0 Å². The van der Waals surface area contributed by atoms with E-state index in [-0.39, 0.29) is 18.6 Å². The van der Waals surface area contributed by atoms with Crippen molar-refractivity contribution in [2.75, 3.05) is 40.4 Å². The van der Waals surface area contributed by atoms with Gasteiger partial charge >= 0.3 is 0 Å². The molecule has 1 aromatic heterocycles. The van der Waals surface area contributed by atoms with Gasteiger partial charge in [-0.15, -0.1) is 0 Å². The maximum Gasteiger partial charge on any atom is 0.241 e. The fourth-order valence-electron chi connectivity index (χ4n) is 2.90. The molecule has 1 fully saturated rings. The van der Waals surface area contributed by atoms with Gasteiger partial charge < -0.3 is 20.3 Å². The Labute approximate surface area is 132 Å². The fraction of sp³-hybridized carbons (Fsp3) is 0.733. The number of likely N-dealkylation sites (tertiary alicyclic amines) is 1. The number of hydrogen-bond donors (Lipinski definition) is 1. The second-order valence-electron chi connectivity index (χ2n) is 5.85. The topological polar surface area (TPSA) is 76.6 Å². The predicted molar refractivity (Wildman–Crippen MR) is 84.3 cm³/mol. The molecule has 1 aromatic rings. The Hall–Kier alpha value is -1.44. The van der Waals surface area contributed by atoms with Crippen LogP contribution in [0, 0.1) is 0 Å². The number of carbonyl (C=O) groups excluding carboxylic acids is 1. The van der Waals surface area contributed by atoms with Gasteiger partial charge in [-0.05, 0) is 18.9 Å². The molecule has 1 aliphatic heterocycles. The Morgan fingerprint density at radius 1 is 1.45 bits per heavy atom. The van der Waals surface area contributed by atoms with Gasteiger partial charge in [-0.25, -0.2) is 0 Å². The van der Waals surface area contributed by atoms with Gasteiger partial charge in [0.1, 0.15) is 6.04 Å². The molecular weight excluding hydrogens is 282 g/mol. The first-order chi connectivity index (χ1) is 10.6. The number of rotatable bonds is 7. The molecule has 7 nitrogen and oxygen atoms in total. The van der Waals surface area contributed by atoms with E-state index in [2.05, 4.69) is 10.00 Å². The highest BCUT2D eigenvalue weighted by molar-refractivity contribution is 5.81. The van der Waals surface area contributed by atoms with E-state index < -0.39 is 6.04 Å². The summed E-state index contributed by atoms with van der Waals surface area (Å²) in [6.07, 6.45) is 5.76. The summed E-state index contributed by atoms with van der Waals surface area (Å²) >= 11 is 0. The third-order valence-corrected chi connectivity index (χ3v) is 4.32. The lowest BCUT2D eigenvalue weighted by atomic mass is 10.0. The summed E-state index contributed by atoms with van der Waals surface area (Å²) in [6, 6.07) is 1.65. The Morgan fingerprint density at radius 2 is 2.18 bits per heavy atom. The SMILES string of the molecule is COCC(N)C(=O)N(C)C1CCN(CCn2cccn2)CC1. The smallest absolute Gasteiger partial charge is 0.241 e. The molecule has 2 N–H and O–H groups in total. The molecule has 124 valence electrons. The summed E-state index contributed by atoms with van der Waals surface area (Å²) < 4.78 is 6.91. The third kappa shape index (κ3) is 4.53. The lowest BCUT2D eigenvalue weighted by molar-refractivity contribution is -0.135. The lowest BCUT2D eigenvalue weighted by Crippen LogP contribution is -2.51. The Bertz CT molecular complexity index is 443. The summed E-state index contributed by atoms with van der Waals surface area (Å²) in [7, 11) is 3.41. The molecular formula is C15H27N5O2. The summed E-state index contributed by atoms with van der Waals surface area (Å²) in [5, 5.41) is 4.22. The highest BCUT2D eigenvalue weighted by atomic mass is 16.5. The second kappa shape index (κ2) is 8.26. The summed E-state index contributed by atoms with van der Waals surface area (Å²) in [6.45, 7) is 4.18. The van der Waals surface area contributed by atoms with Crippen LogP contribution in [-0.2, 0) is 16.1 Å². The largest absolute Gasteiger partial charge is 0.383 e. The standard InChI is InChI=1S/C15H27N5O2/c1-18(15(21)14(16)12-22-2)13-4-8-19(9-5-13)10-11-20-7-3-6-17-20/h3,6-7,13-14H,4-5,8-12,16H2,1-2H3. The molecule has 0 spiro atoms. The summed E-state index contributed by atoms with van der Waals surface area (Å²) in [5.41, 5.74) is 5.83. The van der Waals surface area contributed by atoms with Crippen LogP contribution >= 0.6 is 0 Å². The van der Waals surface area contributed by atoms with Gasteiger partial charge in [-0.3, -0.25) is 9.48 Å². The van der Waals surface area contributed by atoms with Crippen LogP contribution in [0.2, 0.25) is 0 Å². The molecule has 1 atom stereocenters. The zero-order valence-corrected chi connectivity index (χ0v) is 13.5. The Balaban J connectivity index is 1.73. The van der Waals surface area contributed by atoms with Crippen LogP contribution in [0.3, 0.4) is 0 Å². The molecule has 0 bridgehead atoms. The first-order valence-corrected chi connectivity index (χ1v) is 7.82. The number of methoxy groups -OCH3 is 1. The van der Waals surface area contributed by atoms with Crippen LogP contribution in [-0.4, -0.2) is 78.0 Å². The number of aromatic nitrogens is 2. The molecule has 2 heterocycles. The van der Waals surface area contributed by atoms with E-state index in [1.165, 1.54) is 0 Å². The van der Waals surface area contributed by atoms with Crippen molar-refractivity contribution in [2.24, 2.45) is 5.73 Å². The number of likely N-dealkylation sites (N-methyl/N-ethyl adjacent to an activating group) is 1. The zero-order chi connectivity index (χ0) is 15.9. The highest BCUT2D eigenvalue weighted by Crippen LogP contribution is 2.16. The van der Waals surface area contributed by atoms with E-state index in [1.54, 1.807) is 18.2 Å². The van der Waals surface area contributed by atoms with Gasteiger partial charge in [0, 0.05) is 52.2 Å². The second-order valence-corrected chi connectivity index (χ2v) is 5.85. The number of nitrogens with two attached hydrogens (primary N) is 1. The molecule has 0 aliphatic carbocycles. The molecule has 2 rings (SSSR count). The van der Waals surface area contributed by atoms with Crippen molar-refractivity contribution >= 4 is 5.91 Å². The van der Waals surface area contributed by atoms with E-state index in [1.807, 2.05) is 24.0 Å². The average Bonchev–Trinajstić information content (AvgIpc) is 3.05. The Kier molecular flexibility index (Phi) is 6.35. The number of carbonyl (C=O) groups is 1. The highest BCUT2D eigenvalue weighted by Gasteiger charge is 2.27. The van der Waals surface area contributed by atoms with Crippen LogP contribution in [0.5, 0.6) is 0 Å². The van der Waals surface area contributed by atoms with Crippen molar-refractivity contribution in [3.05, 3.63) is 18.5 Å². The van der Waals surface area contributed by atoms with E-state index >= 15 is 0 Å². The average molecular weight is 309 g/mol. The van der Waals surface area contributed by atoms with Crippen molar-refractivity contribution in [1.29, 1.82) is 0 Å². The third-order valence-electron chi connectivity index (χ3n) is 4.32. The number of piperidine rings is 1. The number of hydrogen-bond acceptors (Lipinski definition) is 5. The number of nitrogens with zero attached hydrogens (tertiary/aromatic N) is 4. The van der Waals surface area contributed by atoms with Gasteiger partial charge in [0.05, 0.1) is 13.2 Å². The molecule has 0 radical (unpaired) electrons.